The van der Waals surface area contributed by atoms with Crippen LogP contribution in [0.1, 0.15) is 23.2 Å². The van der Waals surface area contributed by atoms with E-state index >= 15 is 0 Å². The molecular weight excluding hydrogens is 368 g/mol. The molecule has 1 aromatic heterocycles. The molecule has 29 heavy (non-hydrogen) atoms. The van der Waals surface area contributed by atoms with Crippen LogP contribution in [0.25, 0.3) is 10.9 Å². The number of methoxy groups -OCH3 is 2. The van der Waals surface area contributed by atoms with E-state index in [1.54, 1.807) is 38.7 Å². The van der Waals surface area contributed by atoms with Gasteiger partial charge in [-0.25, -0.2) is 9.97 Å². The molecule has 0 aliphatic carbocycles. The van der Waals surface area contributed by atoms with Crippen molar-refractivity contribution in [1.82, 2.24) is 14.9 Å². The first-order valence-corrected chi connectivity index (χ1v) is 9.67. The summed E-state index contributed by atoms with van der Waals surface area (Å²) >= 11 is 0. The summed E-state index contributed by atoms with van der Waals surface area (Å²) < 4.78 is 10.6. The van der Waals surface area contributed by atoms with Crippen molar-refractivity contribution in [2.75, 3.05) is 32.6 Å². The van der Waals surface area contributed by atoms with Crippen LogP contribution in [0.3, 0.4) is 0 Å². The van der Waals surface area contributed by atoms with E-state index in [9.17, 15) is 4.79 Å². The molecule has 1 amide bonds. The van der Waals surface area contributed by atoms with Gasteiger partial charge in [0.15, 0.2) is 11.5 Å². The van der Waals surface area contributed by atoms with Gasteiger partial charge in [0.1, 0.15) is 12.1 Å². The summed E-state index contributed by atoms with van der Waals surface area (Å²) in [6.07, 6.45) is 3.30. The second kappa shape index (κ2) is 8.34. The normalized spacial score (nSPS) is 14.6. The first-order chi connectivity index (χ1) is 14.2. The maximum absolute atomic E-state index is 12.9. The molecule has 0 saturated carbocycles. The first-order valence-electron chi connectivity index (χ1n) is 9.67. The standard InChI is InChI=1S/C22H24N4O3/c1-28-19-8-7-15(13-20(19)29-2)22(27)26-11-9-16(10-12-26)25-21-17-5-3-4-6-18(17)23-14-24-21/h3-8,13-14,16H,9-12H2,1-2H3,(H,23,24,25). The number of rotatable bonds is 5. The van der Waals surface area contributed by atoms with Gasteiger partial charge in [0.2, 0.25) is 0 Å². The number of fused-ring (bicyclic) bond motifs is 1. The quantitative estimate of drug-likeness (QED) is 0.718. The Balaban J connectivity index is 1.41. The monoisotopic (exact) mass is 392 g/mol. The molecule has 4 rings (SSSR count). The van der Waals surface area contributed by atoms with Gasteiger partial charge in [0.25, 0.3) is 5.91 Å². The van der Waals surface area contributed by atoms with Crippen LogP contribution < -0.4 is 14.8 Å². The Labute approximate surface area is 169 Å². The van der Waals surface area contributed by atoms with Crippen molar-refractivity contribution in [3.8, 4) is 11.5 Å². The van der Waals surface area contributed by atoms with Gasteiger partial charge in [-0.3, -0.25) is 4.79 Å². The van der Waals surface area contributed by atoms with Crippen LogP contribution in [-0.2, 0) is 0 Å². The highest BCUT2D eigenvalue weighted by Crippen LogP contribution is 2.29. The molecule has 0 radical (unpaired) electrons. The Morgan fingerprint density at radius 2 is 1.79 bits per heavy atom. The fourth-order valence-electron chi connectivity index (χ4n) is 3.69. The van der Waals surface area contributed by atoms with Crippen molar-refractivity contribution in [3.05, 3.63) is 54.4 Å². The van der Waals surface area contributed by atoms with E-state index in [0.717, 1.165) is 29.6 Å². The van der Waals surface area contributed by atoms with Crippen LogP contribution in [0.2, 0.25) is 0 Å². The van der Waals surface area contributed by atoms with Crippen molar-refractivity contribution in [2.24, 2.45) is 0 Å². The molecule has 7 nitrogen and oxygen atoms in total. The minimum Gasteiger partial charge on any atom is -0.493 e. The second-order valence-corrected chi connectivity index (χ2v) is 7.02. The van der Waals surface area contributed by atoms with E-state index in [0.29, 0.717) is 30.2 Å². The van der Waals surface area contributed by atoms with E-state index in [1.807, 2.05) is 29.2 Å². The second-order valence-electron chi connectivity index (χ2n) is 7.02. The van der Waals surface area contributed by atoms with Gasteiger partial charge in [0, 0.05) is 30.1 Å². The predicted molar refractivity (Wildman–Crippen MR) is 112 cm³/mol. The number of amides is 1. The number of ether oxygens (including phenoxy) is 2. The highest BCUT2D eigenvalue weighted by atomic mass is 16.5. The molecular formula is C22H24N4O3. The molecule has 3 aromatic rings. The molecule has 2 heterocycles. The zero-order chi connectivity index (χ0) is 20.2. The number of likely N-dealkylation sites (tertiary alicyclic amines) is 1. The first kappa shape index (κ1) is 19.0. The van der Waals surface area contributed by atoms with Crippen LogP contribution in [0.5, 0.6) is 11.5 Å². The fourth-order valence-corrected chi connectivity index (χ4v) is 3.69. The molecule has 0 spiro atoms. The van der Waals surface area contributed by atoms with E-state index in [2.05, 4.69) is 15.3 Å². The number of anilines is 1. The lowest BCUT2D eigenvalue weighted by molar-refractivity contribution is 0.0718. The van der Waals surface area contributed by atoms with Crippen molar-refractivity contribution < 1.29 is 14.3 Å². The third-order valence-electron chi connectivity index (χ3n) is 5.30. The fraction of sp³-hybridized carbons (Fsp3) is 0.318. The van der Waals surface area contributed by atoms with E-state index in [1.165, 1.54) is 0 Å². The topological polar surface area (TPSA) is 76.6 Å². The molecule has 7 heteroatoms. The summed E-state index contributed by atoms with van der Waals surface area (Å²) in [5.41, 5.74) is 1.53. The number of hydrogen-bond acceptors (Lipinski definition) is 6. The van der Waals surface area contributed by atoms with E-state index in [4.69, 9.17) is 9.47 Å². The highest BCUT2D eigenvalue weighted by Gasteiger charge is 2.25. The van der Waals surface area contributed by atoms with Crippen LogP contribution in [0, 0.1) is 0 Å². The molecule has 1 fully saturated rings. The molecule has 1 aliphatic heterocycles. The van der Waals surface area contributed by atoms with Gasteiger partial charge in [-0.2, -0.15) is 0 Å². The molecule has 0 atom stereocenters. The Morgan fingerprint density at radius 1 is 1.03 bits per heavy atom. The van der Waals surface area contributed by atoms with Crippen molar-refractivity contribution in [1.29, 1.82) is 0 Å². The number of carbonyl (C=O) groups is 1. The Morgan fingerprint density at radius 3 is 2.55 bits per heavy atom. The number of aromatic nitrogens is 2. The maximum atomic E-state index is 12.9. The van der Waals surface area contributed by atoms with Crippen LogP contribution in [-0.4, -0.2) is 54.1 Å². The summed E-state index contributed by atoms with van der Waals surface area (Å²) in [6, 6.07) is 13.5. The number of nitrogens with one attached hydrogen (secondary N) is 1. The van der Waals surface area contributed by atoms with Gasteiger partial charge in [-0.05, 0) is 43.2 Å². The molecule has 2 aromatic carbocycles. The van der Waals surface area contributed by atoms with Gasteiger partial charge >= 0.3 is 0 Å². The SMILES string of the molecule is COc1ccc(C(=O)N2CCC(Nc3ncnc4ccccc34)CC2)cc1OC. The Bertz CT molecular complexity index is 1010. The summed E-state index contributed by atoms with van der Waals surface area (Å²) in [6.45, 7) is 1.38. The largest absolute Gasteiger partial charge is 0.493 e. The number of carbonyl (C=O) groups excluding carboxylic acids is 1. The summed E-state index contributed by atoms with van der Waals surface area (Å²) in [5, 5.41) is 4.54. The molecule has 150 valence electrons. The van der Waals surface area contributed by atoms with Crippen LogP contribution in [0.4, 0.5) is 5.82 Å². The van der Waals surface area contributed by atoms with Crippen LogP contribution >= 0.6 is 0 Å². The average molecular weight is 392 g/mol. The Kier molecular flexibility index (Phi) is 5.46. The minimum atomic E-state index is 0.0110. The average Bonchev–Trinajstić information content (AvgIpc) is 2.79. The zero-order valence-corrected chi connectivity index (χ0v) is 16.6. The lowest BCUT2D eigenvalue weighted by Crippen LogP contribution is -2.42. The van der Waals surface area contributed by atoms with Gasteiger partial charge in [-0.1, -0.05) is 12.1 Å². The minimum absolute atomic E-state index is 0.0110. The van der Waals surface area contributed by atoms with Crippen molar-refractivity contribution >= 4 is 22.6 Å². The van der Waals surface area contributed by atoms with Crippen molar-refractivity contribution in [2.45, 2.75) is 18.9 Å². The molecule has 1 saturated heterocycles. The third kappa shape index (κ3) is 3.94. The smallest absolute Gasteiger partial charge is 0.253 e. The number of hydrogen-bond donors (Lipinski definition) is 1. The van der Waals surface area contributed by atoms with E-state index < -0.39 is 0 Å². The summed E-state index contributed by atoms with van der Waals surface area (Å²) in [4.78, 5) is 23.5. The number of para-hydroxylation sites is 1. The summed E-state index contributed by atoms with van der Waals surface area (Å²) in [5.74, 6) is 2.03. The van der Waals surface area contributed by atoms with Gasteiger partial charge < -0.3 is 19.7 Å². The predicted octanol–water partition coefficient (Wildman–Crippen LogP) is 3.36. The number of nitrogens with zero attached hydrogens (tertiary/aromatic N) is 3. The van der Waals surface area contributed by atoms with Gasteiger partial charge in [-0.15, -0.1) is 0 Å². The van der Waals surface area contributed by atoms with Crippen molar-refractivity contribution in [3.63, 3.8) is 0 Å². The third-order valence-corrected chi connectivity index (χ3v) is 5.30. The lowest BCUT2D eigenvalue weighted by Gasteiger charge is -2.33. The number of piperidine rings is 1. The Hall–Kier alpha value is -3.35. The molecule has 1 aliphatic rings. The maximum Gasteiger partial charge on any atom is 0.253 e. The summed E-state index contributed by atoms with van der Waals surface area (Å²) in [7, 11) is 3.15. The lowest BCUT2D eigenvalue weighted by atomic mass is 10.0. The van der Waals surface area contributed by atoms with E-state index in [-0.39, 0.29) is 11.9 Å². The number of benzene rings is 2. The zero-order valence-electron chi connectivity index (χ0n) is 16.6. The van der Waals surface area contributed by atoms with Gasteiger partial charge in [0.05, 0.1) is 19.7 Å². The molecule has 0 unspecified atom stereocenters. The molecule has 1 N–H and O–H groups in total. The molecule has 0 bridgehead atoms. The van der Waals surface area contributed by atoms with Crippen LogP contribution in [0.15, 0.2) is 48.8 Å². The highest BCUT2D eigenvalue weighted by molar-refractivity contribution is 5.95.